The van der Waals surface area contributed by atoms with E-state index in [4.69, 9.17) is 9.47 Å². The summed E-state index contributed by atoms with van der Waals surface area (Å²) in [5, 5.41) is 9.78. The molecule has 0 aliphatic rings. The molecule has 0 saturated carbocycles. The van der Waals surface area contributed by atoms with Crippen LogP contribution in [0.15, 0.2) is 48.5 Å². The summed E-state index contributed by atoms with van der Waals surface area (Å²) in [5.74, 6) is 1.62. The third-order valence-corrected chi connectivity index (χ3v) is 3.17. The second-order valence-electron chi connectivity index (χ2n) is 5.08. The van der Waals surface area contributed by atoms with E-state index >= 15 is 0 Å². The zero-order chi connectivity index (χ0) is 15.1. The topological polar surface area (TPSA) is 38.7 Å². The van der Waals surface area contributed by atoms with Crippen LogP contribution in [0.1, 0.15) is 30.6 Å². The van der Waals surface area contributed by atoms with E-state index in [0.29, 0.717) is 13.2 Å². The largest absolute Gasteiger partial charge is 0.493 e. The Hall–Kier alpha value is -2.00. The van der Waals surface area contributed by atoms with Crippen molar-refractivity contribution >= 4 is 0 Å². The van der Waals surface area contributed by atoms with Crippen LogP contribution in [-0.4, -0.2) is 18.3 Å². The average Bonchev–Trinajstić information content (AvgIpc) is 2.49. The summed E-state index contributed by atoms with van der Waals surface area (Å²) >= 11 is 0. The van der Waals surface area contributed by atoms with Gasteiger partial charge < -0.3 is 14.6 Å². The Morgan fingerprint density at radius 3 is 2.43 bits per heavy atom. The van der Waals surface area contributed by atoms with Crippen LogP contribution in [-0.2, 0) is 0 Å². The van der Waals surface area contributed by atoms with Gasteiger partial charge in [-0.25, -0.2) is 0 Å². The van der Waals surface area contributed by atoms with Gasteiger partial charge >= 0.3 is 0 Å². The first-order valence-corrected chi connectivity index (χ1v) is 7.26. The lowest BCUT2D eigenvalue weighted by Crippen LogP contribution is -2.07. The highest BCUT2D eigenvalue weighted by Gasteiger charge is 2.09. The Morgan fingerprint density at radius 1 is 1.00 bits per heavy atom. The first kappa shape index (κ1) is 15.4. The van der Waals surface area contributed by atoms with Crippen molar-refractivity contribution in [1.29, 1.82) is 0 Å². The number of hydrogen-bond acceptors (Lipinski definition) is 3. The fourth-order valence-corrected chi connectivity index (χ4v) is 2.07. The molecule has 0 radical (unpaired) electrons. The first-order valence-electron chi connectivity index (χ1n) is 7.26. The summed E-state index contributed by atoms with van der Waals surface area (Å²) in [7, 11) is 0. The highest BCUT2D eigenvalue weighted by atomic mass is 16.5. The van der Waals surface area contributed by atoms with Gasteiger partial charge in [0.25, 0.3) is 0 Å². The number of aliphatic hydroxyl groups is 1. The van der Waals surface area contributed by atoms with E-state index in [0.717, 1.165) is 29.0 Å². The lowest BCUT2D eigenvalue weighted by Gasteiger charge is -2.14. The standard InChI is InChI=1S/C18H22O3/c1-14-9-10-18(17(13-14)15(2)19)21-12-6-11-20-16-7-4-3-5-8-16/h3-5,7-10,13,15,19H,6,11-12H2,1-2H3/t15-/m1/s1. The number of aliphatic hydroxyl groups excluding tert-OH is 1. The van der Waals surface area contributed by atoms with Crippen molar-refractivity contribution in [2.45, 2.75) is 26.4 Å². The lowest BCUT2D eigenvalue weighted by atomic mass is 10.1. The molecule has 0 heterocycles. The minimum absolute atomic E-state index is 0.527. The molecule has 0 aliphatic heterocycles. The van der Waals surface area contributed by atoms with Gasteiger partial charge in [-0.2, -0.15) is 0 Å². The molecule has 3 nitrogen and oxygen atoms in total. The smallest absolute Gasteiger partial charge is 0.125 e. The van der Waals surface area contributed by atoms with Crippen LogP contribution in [0.5, 0.6) is 11.5 Å². The van der Waals surface area contributed by atoms with E-state index in [1.165, 1.54) is 0 Å². The maximum absolute atomic E-state index is 9.78. The second kappa shape index (κ2) is 7.70. The molecule has 21 heavy (non-hydrogen) atoms. The maximum Gasteiger partial charge on any atom is 0.125 e. The van der Waals surface area contributed by atoms with Gasteiger partial charge in [-0.05, 0) is 38.1 Å². The van der Waals surface area contributed by atoms with Gasteiger partial charge in [0.1, 0.15) is 11.5 Å². The summed E-state index contributed by atoms with van der Waals surface area (Å²) in [6.07, 6.45) is 0.266. The van der Waals surface area contributed by atoms with Crippen LogP contribution in [0.25, 0.3) is 0 Å². The highest BCUT2D eigenvalue weighted by Crippen LogP contribution is 2.26. The maximum atomic E-state index is 9.78. The van der Waals surface area contributed by atoms with Crippen LogP contribution < -0.4 is 9.47 Å². The number of rotatable bonds is 7. The van der Waals surface area contributed by atoms with Crippen molar-refractivity contribution in [3.63, 3.8) is 0 Å². The number of hydrogen-bond donors (Lipinski definition) is 1. The summed E-state index contributed by atoms with van der Waals surface area (Å²) in [6, 6.07) is 15.6. The normalized spacial score (nSPS) is 12.0. The Labute approximate surface area is 126 Å². The quantitative estimate of drug-likeness (QED) is 0.785. The molecule has 2 aromatic rings. The molecule has 0 aromatic heterocycles. The molecule has 0 bridgehead atoms. The van der Waals surface area contributed by atoms with E-state index in [1.54, 1.807) is 6.92 Å². The lowest BCUT2D eigenvalue weighted by molar-refractivity contribution is 0.188. The summed E-state index contributed by atoms with van der Waals surface area (Å²) in [6.45, 7) is 4.93. The average molecular weight is 286 g/mol. The molecule has 0 aliphatic carbocycles. The number of para-hydroxylation sites is 1. The minimum Gasteiger partial charge on any atom is -0.493 e. The molecule has 2 aromatic carbocycles. The zero-order valence-corrected chi connectivity index (χ0v) is 12.6. The summed E-state index contributed by atoms with van der Waals surface area (Å²) in [4.78, 5) is 0. The van der Waals surface area contributed by atoms with Gasteiger partial charge in [0.05, 0.1) is 19.3 Å². The number of ether oxygens (including phenoxy) is 2. The molecule has 0 spiro atoms. The molecule has 0 saturated heterocycles. The van der Waals surface area contributed by atoms with Gasteiger partial charge in [-0.1, -0.05) is 29.8 Å². The van der Waals surface area contributed by atoms with Gasteiger partial charge in [0.15, 0.2) is 0 Å². The fraction of sp³-hybridized carbons (Fsp3) is 0.333. The van der Waals surface area contributed by atoms with Crippen molar-refractivity contribution in [2.75, 3.05) is 13.2 Å². The molecule has 112 valence electrons. The van der Waals surface area contributed by atoms with E-state index < -0.39 is 6.10 Å². The molecule has 1 atom stereocenters. The number of aryl methyl sites for hydroxylation is 1. The summed E-state index contributed by atoms with van der Waals surface area (Å²) < 4.78 is 11.4. The monoisotopic (exact) mass is 286 g/mol. The van der Waals surface area contributed by atoms with Crippen LogP contribution in [0.3, 0.4) is 0 Å². The second-order valence-corrected chi connectivity index (χ2v) is 5.08. The summed E-state index contributed by atoms with van der Waals surface area (Å²) in [5.41, 5.74) is 1.95. The van der Waals surface area contributed by atoms with E-state index in [2.05, 4.69) is 0 Å². The van der Waals surface area contributed by atoms with Crippen LogP contribution >= 0.6 is 0 Å². The van der Waals surface area contributed by atoms with Crippen molar-refractivity contribution in [1.82, 2.24) is 0 Å². The molecule has 3 heteroatoms. The predicted molar refractivity (Wildman–Crippen MR) is 83.9 cm³/mol. The molecular weight excluding hydrogens is 264 g/mol. The predicted octanol–water partition coefficient (Wildman–Crippen LogP) is 3.90. The molecule has 0 fully saturated rings. The van der Waals surface area contributed by atoms with Crippen molar-refractivity contribution in [3.05, 3.63) is 59.7 Å². The van der Waals surface area contributed by atoms with E-state index in [1.807, 2.05) is 55.5 Å². The molecule has 0 amide bonds. The van der Waals surface area contributed by atoms with Crippen molar-refractivity contribution in [3.8, 4) is 11.5 Å². The Kier molecular flexibility index (Phi) is 5.64. The van der Waals surface area contributed by atoms with Crippen LogP contribution in [0.2, 0.25) is 0 Å². The van der Waals surface area contributed by atoms with Crippen molar-refractivity contribution in [2.24, 2.45) is 0 Å². The zero-order valence-electron chi connectivity index (χ0n) is 12.6. The Bertz CT molecular complexity index is 550. The van der Waals surface area contributed by atoms with Crippen molar-refractivity contribution < 1.29 is 14.6 Å². The third-order valence-electron chi connectivity index (χ3n) is 3.17. The minimum atomic E-state index is -0.527. The number of benzene rings is 2. The molecule has 0 unspecified atom stereocenters. The Morgan fingerprint density at radius 2 is 1.71 bits per heavy atom. The van der Waals surface area contributed by atoms with E-state index in [-0.39, 0.29) is 0 Å². The first-order chi connectivity index (χ1) is 10.2. The van der Waals surface area contributed by atoms with Gasteiger partial charge in [-0.3, -0.25) is 0 Å². The molecular formula is C18H22O3. The van der Waals surface area contributed by atoms with Crippen LogP contribution in [0.4, 0.5) is 0 Å². The molecule has 1 N–H and O–H groups in total. The third kappa shape index (κ3) is 4.80. The SMILES string of the molecule is Cc1ccc(OCCCOc2ccccc2)c([C@@H](C)O)c1. The highest BCUT2D eigenvalue weighted by molar-refractivity contribution is 5.38. The van der Waals surface area contributed by atoms with Crippen LogP contribution in [0, 0.1) is 6.92 Å². The molecule has 2 rings (SSSR count). The van der Waals surface area contributed by atoms with Gasteiger partial charge in [0, 0.05) is 12.0 Å². The van der Waals surface area contributed by atoms with E-state index in [9.17, 15) is 5.11 Å². The van der Waals surface area contributed by atoms with Gasteiger partial charge in [0.2, 0.25) is 0 Å². The van der Waals surface area contributed by atoms with Gasteiger partial charge in [-0.15, -0.1) is 0 Å². The Balaban J connectivity index is 1.78. The fourth-order valence-electron chi connectivity index (χ4n) is 2.07.